The van der Waals surface area contributed by atoms with E-state index in [0.717, 1.165) is 23.3 Å². The second kappa shape index (κ2) is 8.04. The summed E-state index contributed by atoms with van der Waals surface area (Å²) in [7, 11) is 3.22. The van der Waals surface area contributed by atoms with E-state index >= 15 is 0 Å². The smallest absolute Gasteiger partial charge is 0.227 e. The van der Waals surface area contributed by atoms with E-state index in [4.69, 9.17) is 9.47 Å². The zero-order valence-electron chi connectivity index (χ0n) is 14.9. The highest BCUT2D eigenvalue weighted by Gasteiger charge is 2.22. The van der Waals surface area contributed by atoms with Crippen LogP contribution in [0.1, 0.15) is 24.5 Å². The topological polar surface area (TPSA) is 59.1 Å². The first-order valence-corrected chi connectivity index (χ1v) is 8.21. The minimum atomic E-state index is 0.0586. The molecule has 1 fully saturated rings. The number of hydrogen-bond donors (Lipinski definition) is 0. The van der Waals surface area contributed by atoms with Crippen molar-refractivity contribution in [1.82, 2.24) is 9.80 Å². The van der Waals surface area contributed by atoms with Crippen LogP contribution in [0.5, 0.6) is 11.5 Å². The highest BCUT2D eigenvalue weighted by Crippen LogP contribution is 2.31. The number of nitrogens with zero attached hydrogens (tertiary/aromatic N) is 2. The Labute approximate surface area is 143 Å². The van der Waals surface area contributed by atoms with Gasteiger partial charge in [-0.25, -0.2) is 0 Å². The van der Waals surface area contributed by atoms with Crippen LogP contribution in [0.25, 0.3) is 0 Å². The molecule has 0 N–H and O–H groups in total. The lowest BCUT2D eigenvalue weighted by molar-refractivity contribution is -0.132. The molecule has 132 valence electrons. The van der Waals surface area contributed by atoms with Crippen molar-refractivity contribution in [3.63, 3.8) is 0 Å². The zero-order valence-corrected chi connectivity index (χ0v) is 14.9. The van der Waals surface area contributed by atoms with E-state index in [9.17, 15) is 9.59 Å². The highest BCUT2D eigenvalue weighted by atomic mass is 16.5. The molecule has 2 amide bonds. The molecule has 2 rings (SSSR count). The van der Waals surface area contributed by atoms with Gasteiger partial charge >= 0.3 is 0 Å². The lowest BCUT2D eigenvalue weighted by atomic mass is 10.0. The second-order valence-corrected chi connectivity index (χ2v) is 6.00. The normalized spacial score (nSPS) is 15.0. The van der Waals surface area contributed by atoms with Crippen molar-refractivity contribution >= 4 is 11.8 Å². The second-order valence-electron chi connectivity index (χ2n) is 6.00. The molecule has 0 unspecified atom stereocenters. The molecule has 0 bridgehead atoms. The number of amides is 2. The van der Waals surface area contributed by atoms with Gasteiger partial charge < -0.3 is 19.3 Å². The van der Waals surface area contributed by atoms with E-state index in [1.165, 1.54) is 0 Å². The fourth-order valence-electron chi connectivity index (χ4n) is 3.13. The molecule has 1 aromatic rings. The van der Waals surface area contributed by atoms with Crippen molar-refractivity contribution in [3.05, 3.63) is 23.3 Å². The summed E-state index contributed by atoms with van der Waals surface area (Å²) >= 11 is 0. The summed E-state index contributed by atoms with van der Waals surface area (Å²) in [6.45, 7) is 6.06. The Kier molecular flexibility index (Phi) is 6.06. The molecular weight excluding hydrogens is 308 g/mol. The Morgan fingerprint density at radius 1 is 1.04 bits per heavy atom. The quantitative estimate of drug-likeness (QED) is 0.840. The molecular formula is C18H26N2O4. The molecule has 1 aliphatic rings. The first-order valence-electron chi connectivity index (χ1n) is 8.21. The lowest BCUT2D eigenvalue weighted by Crippen LogP contribution is -2.37. The van der Waals surface area contributed by atoms with Gasteiger partial charge in [-0.1, -0.05) is 6.07 Å². The molecule has 6 nitrogen and oxygen atoms in total. The molecule has 1 saturated heterocycles. The van der Waals surface area contributed by atoms with E-state index in [1.807, 2.05) is 24.0 Å². The molecule has 0 radical (unpaired) electrons. The summed E-state index contributed by atoms with van der Waals surface area (Å²) in [5.74, 6) is 1.57. The molecule has 0 saturated carbocycles. The van der Waals surface area contributed by atoms with E-state index < -0.39 is 0 Å². The van der Waals surface area contributed by atoms with Crippen molar-refractivity contribution in [3.8, 4) is 11.5 Å². The van der Waals surface area contributed by atoms with Gasteiger partial charge in [-0.15, -0.1) is 0 Å². The fraction of sp³-hybridized carbons (Fsp3) is 0.556. The van der Waals surface area contributed by atoms with Gasteiger partial charge in [0.05, 0.1) is 20.6 Å². The van der Waals surface area contributed by atoms with Gasteiger partial charge in [0.15, 0.2) is 0 Å². The van der Waals surface area contributed by atoms with Gasteiger partial charge in [-0.2, -0.15) is 0 Å². The van der Waals surface area contributed by atoms with Gasteiger partial charge in [0.25, 0.3) is 0 Å². The van der Waals surface area contributed by atoms with Crippen molar-refractivity contribution < 1.29 is 19.1 Å². The number of carbonyl (C=O) groups excluding carboxylic acids is 2. The largest absolute Gasteiger partial charge is 0.496 e. The Bertz CT molecular complexity index is 615. The zero-order chi connectivity index (χ0) is 17.7. The number of hydrogen-bond acceptors (Lipinski definition) is 4. The Morgan fingerprint density at radius 2 is 1.71 bits per heavy atom. The van der Waals surface area contributed by atoms with Crippen LogP contribution in [0.4, 0.5) is 0 Å². The minimum absolute atomic E-state index is 0.0586. The number of rotatable bonds is 4. The Morgan fingerprint density at radius 3 is 2.33 bits per heavy atom. The van der Waals surface area contributed by atoms with Crippen LogP contribution in [-0.4, -0.2) is 62.0 Å². The molecule has 0 aromatic heterocycles. The van der Waals surface area contributed by atoms with Gasteiger partial charge in [0.1, 0.15) is 11.5 Å². The number of methoxy groups -OCH3 is 2. The molecule has 1 aromatic carbocycles. The summed E-state index contributed by atoms with van der Waals surface area (Å²) in [6.07, 6.45) is 1.10. The number of ether oxygens (including phenoxy) is 2. The van der Waals surface area contributed by atoms with Gasteiger partial charge in [0, 0.05) is 44.2 Å². The molecule has 1 aliphatic heterocycles. The SMILES string of the molecule is COc1ccc(CC(=O)N2CCCN(C(C)=O)CC2)c(OC)c1C. The predicted molar refractivity (Wildman–Crippen MR) is 91.4 cm³/mol. The summed E-state index contributed by atoms with van der Waals surface area (Å²) in [5, 5.41) is 0. The predicted octanol–water partition coefficient (Wildman–Crippen LogP) is 1.64. The third-order valence-electron chi connectivity index (χ3n) is 4.50. The molecule has 6 heteroatoms. The maximum absolute atomic E-state index is 12.7. The maximum atomic E-state index is 12.7. The summed E-state index contributed by atoms with van der Waals surface area (Å²) < 4.78 is 10.8. The third kappa shape index (κ3) is 3.99. The molecule has 24 heavy (non-hydrogen) atoms. The van der Waals surface area contributed by atoms with Crippen molar-refractivity contribution in [2.24, 2.45) is 0 Å². The fourth-order valence-corrected chi connectivity index (χ4v) is 3.13. The van der Waals surface area contributed by atoms with E-state index in [-0.39, 0.29) is 18.2 Å². The van der Waals surface area contributed by atoms with Crippen LogP contribution in [0.15, 0.2) is 12.1 Å². The van der Waals surface area contributed by atoms with Gasteiger partial charge in [-0.3, -0.25) is 9.59 Å². The third-order valence-corrected chi connectivity index (χ3v) is 4.50. The van der Waals surface area contributed by atoms with Crippen molar-refractivity contribution in [1.29, 1.82) is 0 Å². The van der Waals surface area contributed by atoms with Crippen LogP contribution >= 0.6 is 0 Å². The van der Waals surface area contributed by atoms with E-state index in [0.29, 0.717) is 31.9 Å². The van der Waals surface area contributed by atoms with E-state index in [1.54, 1.807) is 26.0 Å². The first-order chi connectivity index (χ1) is 11.5. The van der Waals surface area contributed by atoms with Crippen LogP contribution in [0.2, 0.25) is 0 Å². The molecule has 0 atom stereocenters. The summed E-state index contributed by atoms with van der Waals surface area (Å²) in [4.78, 5) is 27.8. The average Bonchev–Trinajstić information content (AvgIpc) is 2.81. The Balaban J connectivity index is 2.09. The Hall–Kier alpha value is -2.24. The van der Waals surface area contributed by atoms with Crippen LogP contribution in [0.3, 0.4) is 0 Å². The van der Waals surface area contributed by atoms with Crippen molar-refractivity contribution in [2.75, 3.05) is 40.4 Å². The van der Waals surface area contributed by atoms with Crippen molar-refractivity contribution in [2.45, 2.75) is 26.7 Å². The summed E-state index contributed by atoms with van der Waals surface area (Å²) in [5.41, 5.74) is 1.75. The minimum Gasteiger partial charge on any atom is -0.496 e. The van der Waals surface area contributed by atoms with Crippen LogP contribution in [0, 0.1) is 6.92 Å². The highest BCUT2D eigenvalue weighted by molar-refractivity contribution is 5.80. The van der Waals surface area contributed by atoms with Crippen LogP contribution < -0.4 is 9.47 Å². The standard InChI is InChI=1S/C18H26N2O4/c1-13-16(23-3)7-6-15(18(13)24-4)12-17(22)20-9-5-8-19(10-11-20)14(2)21/h6-7H,5,8-12H2,1-4H3. The lowest BCUT2D eigenvalue weighted by Gasteiger charge is -2.22. The summed E-state index contributed by atoms with van der Waals surface area (Å²) in [6, 6.07) is 3.74. The average molecular weight is 334 g/mol. The maximum Gasteiger partial charge on any atom is 0.227 e. The monoisotopic (exact) mass is 334 g/mol. The molecule has 0 aliphatic carbocycles. The van der Waals surface area contributed by atoms with Gasteiger partial charge in [-0.05, 0) is 19.4 Å². The van der Waals surface area contributed by atoms with E-state index in [2.05, 4.69) is 0 Å². The number of benzene rings is 1. The number of carbonyl (C=O) groups is 2. The molecule has 0 spiro atoms. The molecule has 1 heterocycles. The van der Waals surface area contributed by atoms with Crippen LogP contribution in [-0.2, 0) is 16.0 Å². The first kappa shape index (κ1) is 18.1. The van der Waals surface area contributed by atoms with Gasteiger partial charge in [0.2, 0.25) is 11.8 Å².